The summed E-state index contributed by atoms with van der Waals surface area (Å²) in [6.07, 6.45) is 4.64. The van der Waals surface area contributed by atoms with Crippen molar-refractivity contribution in [3.63, 3.8) is 0 Å². The van der Waals surface area contributed by atoms with Crippen molar-refractivity contribution in [3.8, 4) is 11.4 Å². The van der Waals surface area contributed by atoms with Gasteiger partial charge in [0.1, 0.15) is 5.82 Å². The Morgan fingerprint density at radius 3 is 2.86 bits per heavy atom. The second-order valence-electron chi connectivity index (χ2n) is 5.92. The summed E-state index contributed by atoms with van der Waals surface area (Å²) in [5.74, 6) is 1.01. The van der Waals surface area contributed by atoms with E-state index in [0.29, 0.717) is 11.7 Å². The number of hydrogen-bond acceptors (Lipinski definition) is 3. The number of halogens is 1. The summed E-state index contributed by atoms with van der Waals surface area (Å²) in [5, 5.41) is 3.41. The molecule has 4 heteroatoms. The standard InChI is InChI=1S/C17H18FN3/c18-13-6-2-5-12(9-13)17-20-15-7-8-19-10-14(15)16(21-17)11-3-1-4-11/h2,5-6,9,11,19H,1,3-4,7-8,10H2. The molecule has 3 nitrogen and oxygen atoms in total. The van der Waals surface area contributed by atoms with Crippen molar-refractivity contribution >= 4 is 0 Å². The predicted molar refractivity (Wildman–Crippen MR) is 79.4 cm³/mol. The molecular weight excluding hydrogens is 265 g/mol. The summed E-state index contributed by atoms with van der Waals surface area (Å²) in [4.78, 5) is 9.51. The molecule has 1 aliphatic heterocycles. The van der Waals surface area contributed by atoms with E-state index in [1.165, 1.54) is 42.7 Å². The summed E-state index contributed by atoms with van der Waals surface area (Å²) < 4.78 is 13.5. The molecule has 1 aromatic carbocycles. The zero-order valence-electron chi connectivity index (χ0n) is 11.9. The summed E-state index contributed by atoms with van der Waals surface area (Å²) in [6, 6.07) is 6.58. The number of nitrogens with zero attached hydrogens (tertiary/aromatic N) is 2. The van der Waals surface area contributed by atoms with E-state index in [0.717, 1.165) is 30.8 Å². The van der Waals surface area contributed by atoms with E-state index in [-0.39, 0.29) is 5.82 Å². The largest absolute Gasteiger partial charge is 0.312 e. The molecule has 2 heterocycles. The predicted octanol–water partition coefficient (Wildman–Crippen LogP) is 3.20. The lowest BCUT2D eigenvalue weighted by Crippen LogP contribution is -2.28. The van der Waals surface area contributed by atoms with Gasteiger partial charge in [0.15, 0.2) is 5.82 Å². The van der Waals surface area contributed by atoms with Crippen molar-refractivity contribution in [2.45, 2.75) is 38.1 Å². The molecule has 1 N–H and O–H groups in total. The maximum Gasteiger partial charge on any atom is 0.159 e. The highest BCUT2D eigenvalue weighted by Crippen LogP contribution is 2.38. The molecule has 4 rings (SSSR count). The summed E-state index contributed by atoms with van der Waals surface area (Å²) in [5.41, 5.74) is 4.39. The molecule has 2 aromatic rings. The average molecular weight is 283 g/mol. The Bertz CT molecular complexity index is 680. The molecule has 1 saturated carbocycles. The van der Waals surface area contributed by atoms with Crippen LogP contribution in [0.4, 0.5) is 4.39 Å². The van der Waals surface area contributed by atoms with Crippen LogP contribution in [0.5, 0.6) is 0 Å². The minimum Gasteiger partial charge on any atom is -0.312 e. The molecule has 0 unspecified atom stereocenters. The molecule has 0 saturated heterocycles. The lowest BCUT2D eigenvalue weighted by atomic mass is 9.80. The molecule has 0 bridgehead atoms. The highest BCUT2D eigenvalue weighted by atomic mass is 19.1. The fourth-order valence-electron chi connectivity index (χ4n) is 3.15. The number of rotatable bonds is 2. The van der Waals surface area contributed by atoms with E-state index in [1.807, 2.05) is 6.07 Å². The van der Waals surface area contributed by atoms with Gasteiger partial charge in [0.25, 0.3) is 0 Å². The highest BCUT2D eigenvalue weighted by Gasteiger charge is 2.27. The van der Waals surface area contributed by atoms with Crippen molar-refractivity contribution in [1.82, 2.24) is 15.3 Å². The van der Waals surface area contributed by atoms with Gasteiger partial charge >= 0.3 is 0 Å². The zero-order chi connectivity index (χ0) is 14.2. The summed E-state index contributed by atoms with van der Waals surface area (Å²) >= 11 is 0. The van der Waals surface area contributed by atoms with E-state index < -0.39 is 0 Å². The van der Waals surface area contributed by atoms with Crippen molar-refractivity contribution in [2.75, 3.05) is 6.54 Å². The fraction of sp³-hybridized carbons (Fsp3) is 0.412. The molecule has 1 aliphatic carbocycles. The second kappa shape index (κ2) is 5.19. The maximum absolute atomic E-state index is 13.5. The van der Waals surface area contributed by atoms with Gasteiger partial charge < -0.3 is 5.32 Å². The van der Waals surface area contributed by atoms with Crippen LogP contribution in [0.2, 0.25) is 0 Å². The molecule has 1 fully saturated rings. The number of aromatic nitrogens is 2. The molecule has 108 valence electrons. The van der Waals surface area contributed by atoms with Gasteiger partial charge in [-0.3, -0.25) is 0 Å². The molecule has 1 aromatic heterocycles. The van der Waals surface area contributed by atoms with Gasteiger partial charge in [-0.05, 0) is 25.0 Å². The Labute approximate surface area is 123 Å². The number of fused-ring (bicyclic) bond motifs is 1. The first kappa shape index (κ1) is 12.9. The van der Waals surface area contributed by atoms with Crippen LogP contribution in [0.15, 0.2) is 24.3 Å². The second-order valence-corrected chi connectivity index (χ2v) is 5.92. The zero-order valence-corrected chi connectivity index (χ0v) is 11.9. The number of nitrogens with one attached hydrogen (secondary N) is 1. The number of benzene rings is 1. The Balaban J connectivity index is 1.84. The molecule has 2 aliphatic rings. The van der Waals surface area contributed by atoms with Gasteiger partial charge in [0, 0.05) is 36.6 Å². The molecule has 0 amide bonds. The average Bonchev–Trinajstić information content (AvgIpc) is 2.45. The molecule has 21 heavy (non-hydrogen) atoms. The molecular formula is C17H18FN3. The van der Waals surface area contributed by atoms with E-state index in [2.05, 4.69) is 5.32 Å². The SMILES string of the molecule is Fc1cccc(-c2nc3c(c(C4CCC4)n2)CNCC3)c1. The van der Waals surface area contributed by atoms with Crippen molar-refractivity contribution in [2.24, 2.45) is 0 Å². The molecule has 0 spiro atoms. The minimum atomic E-state index is -0.235. The highest BCUT2D eigenvalue weighted by molar-refractivity contribution is 5.56. The Morgan fingerprint density at radius 2 is 2.10 bits per heavy atom. The van der Waals surface area contributed by atoms with Crippen LogP contribution in [0, 0.1) is 5.82 Å². The van der Waals surface area contributed by atoms with Gasteiger partial charge in [-0.15, -0.1) is 0 Å². The van der Waals surface area contributed by atoms with Crippen molar-refractivity contribution in [3.05, 3.63) is 47.0 Å². The van der Waals surface area contributed by atoms with Crippen LogP contribution >= 0.6 is 0 Å². The Hall–Kier alpha value is -1.81. The number of hydrogen-bond donors (Lipinski definition) is 1. The van der Waals surface area contributed by atoms with Gasteiger partial charge in [-0.25, -0.2) is 14.4 Å². The topological polar surface area (TPSA) is 37.8 Å². The lowest BCUT2D eigenvalue weighted by molar-refractivity contribution is 0.404. The normalized spacial score (nSPS) is 18.1. The van der Waals surface area contributed by atoms with Gasteiger partial charge in [-0.2, -0.15) is 0 Å². The first-order valence-electron chi connectivity index (χ1n) is 7.67. The molecule has 0 radical (unpaired) electrons. The van der Waals surface area contributed by atoms with E-state index in [1.54, 1.807) is 6.07 Å². The van der Waals surface area contributed by atoms with Crippen LogP contribution in [0.25, 0.3) is 11.4 Å². The van der Waals surface area contributed by atoms with E-state index in [4.69, 9.17) is 9.97 Å². The van der Waals surface area contributed by atoms with Gasteiger partial charge in [0.05, 0.1) is 11.4 Å². The van der Waals surface area contributed by atoms with Crippen LogP contribution in [-0.4, -0.2) is 16.5 Å². The van der Waals surface area contributed by atoms with Crippen LogP contribution in [0.1, 0.15) is 42.1 Å². The third-order valence-electron chi connectivity index (χ3n) is 4.54. The van der Waals surface area contributed by atoms with Crippen LogP contribution in [0.3, 0.4) is 0 Å². The van der Waals surface area contributed by atoms with Crippen molar-refractivity contribution in [1.29, 1.82) is 0 Å². The van der Waals surface area contributed by atoms with Crippen LogP contribution < -0.4 is 5.32 Å². The van der Waals surface area contributed by atoms with E-state index in [9.17, 15) is 4.39 Å². The quantitative estimate of drug-likeness (QED) is 0.919. The Kier molecular flexibility index (Phi) is 3.19. The first-order chi connectivity index (χ1) is 10.3. The lowest BCUT2D eigenvalue weighted by Gasteiger charge is -2.29. The van der Waals surface area contributed by atoms with E-state index >= 15 is 0 Å². The first-order valence-corrected chi connectivity index (χ1v) is 7.67. The Morgan fingerprint density at radius 1 is 1.19 bits per heavy atom. The minimum absolute atomic E-state index is 0.235. The third kappa shape index (κ3) is 2.33. The van der Waals surface area contributed by atoms with Gasteiger partial charge in [-0.1, -0.05) is 18.6 Å². The smallest absolute Gasteiger partial charge is 0.159 e. The monoisotopic (exact) mass is 283 g/mol. The summed E-state index contributed by atoms with van der Waals surface area (Å²) in [6.45, 7) is 1.82. The third-order valence-corrected chi connectivity index (χ3v) is 4.54. The maximum atomic E-state index is 13.5. The van der Waals surface area contributed by atoms with Crippen LogP contribution in [-0.2, 0) is 13.0 Å². The molecule has 0 atom stereocenters. The van der Waals surface area contributed by atoms with Crippen molar-refractivity contribution < 1.29 is 4.39 Å². The summed E-state index contributed by atoms with van der Waals surface area (Å²) in [7, 11) is 0. The fourth-order valence-corrected chi connectivity index (χ4v) is 3.15. The van der Waals surface area contributed by atoms with Gasteiger partial charge in [0.2, 0.25) is 0 Å².